The Hall–Kier alpha value is -2.89. The van der Waals surface area contributed by atoms with Gasteiger partial charge in [-0.1, -0.05) is 19.1 Å². The van der Waals surface area contributed by atoms with Gasteiger partial charge in [0.2, 0.25) is 5.91 Å². The maximum Gasteiger partial charge on any atom is 0.261 e. The van der Waals surface area contributed by atoms with E-state index in [1.807, 2.05) is 18.2 Å². The Morgan fingerprint density at radius 3 is 2.78 bits per heavy atom. The molecule has 0 spiro atoms. The van der Waals surface area contributed by atoms with Crippen molar-refractivity contribution in [1.82, 2.24) is 14.5 Å². The molecule has 1 amide bonds. The molecule has 0 radical (unpaired) electrons. The quantitative estimate of drug-likeness (QED) is 0.697. The number of hydrogen-bond donors (Lipinski definition) is 0. The van der Waals surface area contributed by atoms with E-state index < -0.39 is 0 Å². The molecule has 6 nitrogen and oxygen atoms in total. The van der Waals surface area contributed by atoms with Gasteiger partial charge in [0.25, 0.3) is 5.56 Å². The SMILES string of the molecule is Cc1nc2ccccc2c(=O)n1CC(=O)N(C)Cc1ccc(C2CC2C)o1. The molecule has 2 unspecified atom stereocenters. The van der Waals surface area contributed by atoms with Crippen molar-refractivity contribution in [2.75, 3.05) is 7.05 Å². The van der Waals surface area contributed by atoms with E-state index in [0.717, 1.165) is 11.5 Å². The van der Waals surface area contributed by atoms with Gasteiger partial charge in [-0.2, -0.15) is 0 Å². The van der Waals surface area contributed by atoms with E-state index in [1.54, 1.807) is 37.1 Å². The first-order chi connectivity index (χ1) is 12.9. The van der Waals surface area contributed by atoms with E-state index in [4.69, 9.17) is 4.42 Å². The number of benzene rings is 1. The van der Waals surface area contributed by atoms with E-state index >= 15 is 0 Å². The zero-order valence-corrected chi connectivity index (χ0v) is 15.8. The highest BCUT2D eigenvalue weighted by atomic mass is 16.3. The lowest BCUT2D eigenvalue weighted by Crippen LogP contribution is -2.35. The van der Waals surface area contributed by atoms with E-state index in [0.29, 0.717) is 35.1 Å². The number of aromatic nitrogens is 2. The van der Waals surface area contributed by atoms with Gasteiger partial charge < -0.3 is 9.32 Å². The molecule has 0 bridgehead atoms. The van der Waals surface area contributed by atoms with Crippen molar-refractivity contribution in [3.05, 3.63) is 64.1 Å². The van der Waals surface area contributed by atoms with Crippen LogP contribution in [0.4, 0.5) is 0 Å². The molecule has 27 heavy (non-hydrogen) atoms. The smallest absolute Gasteiger partial charge is 0.261 e. The second kappa shape index (κ2) is 6.68. The summed E-state index contributed by atoms with van der Waals surface area (Å²) in [5.41, 5.74) is 0.456. The van der Waals surface area contributed by atoms with Crippen molar-refractivity contribution in [3.63, 3.8) is 0 Å². The van der Waals surface area contributed by atoms with Crippen LogP contribution >= 0.6 is 0 Å². The van der Waals surface area contributed by atoms with Gasteiger partial charge >= 0.3 is 0 Å². The fraction of sp³-hybridized carbons (Fsp3) is 0.381. The summed E-state index contributed by atoms with van der Waals surface area (Å²) in [6.45, 7) is 4.30. The number of rotatable bonds is 5. The first kappa shape index (κ1) is 17.5. The fourth-order valence-corrected chi connectivity index (χ4v) is 3.44. The predicted molar refractivity (Wildman–Crippen MR) is 102 cm³/mol. The lowest BCUT2D eigenvalue weighted by Gasteiger charge is -2.17. The highest BCUT2D eigenvalue weighted by Gasteiger charge is 2.36. The Morgan fingerprint density at radius 2 is 2.04 bits per heavy atom. The third-order valence-corrected chi connectivity index (χ3v) is 5.32. The van der Waals surface area contributed by atoms with Crippen LogP contribution in [0.15, 0.2) is 45.6 Å². The minimum Gasteiger partial charge on any atom is -0.464 e. The Labute approximate surface area is 157 Å². The number of furan rings is 1. The van der Waals surface area contributed by atoms with Crippen molar-refractivity contribution in [3.8, 4) is 0 Å². The number of aryl methyl sites for hydroxylation is 1. The van der Waals surface area contributed by atoms with Crippen LogP contribution in [-0.2, 0) is 17.9 Å². The summed E-state index contributed by atoms with van der Waals surface area (Å²) in [5, 5.41) is 0.521. The summed E-state index contributed by atoms with van der Waals surface area (Å²) >= 11 is 0. The van der Waals surface area contributed by atoms with Crippen LogP contribution in [0, 0.1) is 12.8 Å². The molecule has 1 fully saturated rings. The second-order valence-electron chi connectivity index (χ2n) is 7.44. The average molecular weight is 365 g/mol. The van der Waals surface area contributed by atoms with Crippen molar-refractivity contribution in [2.24, 2.45) is 5.92 Å². The average Bonchev–Trinajstić information content (AvgIpc) is 3.19. The maximum atomic E-state index is 12.7. The summed E-state index contributed by atoms with van der Waals surface area (Å²) in [6.07, 6.45) is 1.17. The van der Waals surface area contributed by atoms with Crippen molar-refractivity contribution < 1.29 is 9.21 Å². The van der Waals surface area contributed by atoms with Crippen molar-refractivity contribution in [2.45, 2.75) is 39.3 Å². The molecule has 1 saturated carbocycles. The molecule has 1 aliphatic carbocycles. The van der Waals surface area contributed by atoms with Gasteiger partial charge in [0.05, 0.1) is 17.4 Å². The summed E-state index contributed by atoms with van der Waals surface area (Å²) in [5.74, 6) is 3.34. The van der Waals surface area contributed by atoms with Crippen molar-refractivity contribution >= 4 is 16.8 Å². The van der Waals surface area contributed by atoms with Crippen LogP contribution in [0.5, 0.6) is 0 Å². The number of carbonyl (C=O) groups is 1. The minimum atomic E-state index is -0.192. The minimum absolute atomic E-state index is 0.0355. The Balaban J connectivity index is 1.49. The van der Waals surface area contributed by atoms with Crippen molar-refractivity contribution in [1.29, 1.82) is 0 Å². The largest absolute Gasteiger partial charge is 0.464 e. The summed E-state index contributed by atoms with van der Waals surface area (Å²) < 4.78 is 7.31. The molecule has 1 aromatic carbocycles. The zero-order valence-electron chi connectivity index (χ0n) is 15.8. The molecule has 140 valence electrons. The van der Waals surface area contributed by atoms with Gasteiger partial charge in [0.1, 0.15) is 23.9 Å². The molecule has 0 saturated heterocycles. The molecular formula is C21H23N3O3. The third kappa shape index (κ3) is 3.39. The first-order valence-corrected chi connectivity index (χ1v) is 9.23. The van der Waals surface area contributed by atoms with E-state index in [1.165, 1.54) is 11.0 Å². The fourth-order valence-electron chi connectivity index (χ4n) is 3.44. The molecule has 6 heteroatoms. The number of amides is 1. The van der Waals surface area contributed by atoms with Crippen LogP contribution in [-0.4, -0.2) is 27.4 Å². The lowest BCUT2D eigenvalue weighted by atomic mass is 10.2. The highest BCUT2D eigenvalue weighted by Crippen LogP contribution is 2.47. The number of hydrogen-bond acceptors (Lipinski definition) is 4. The van der Waals surface area contributed by atoms with Gasteiger partial charge in [-0.05, 0) is 43.5 Å². The molecule has 1 aliphatic rings. The summed E-state index contributed by atoms with van der Waals surface area (Å²) in [7, 11) is 1.72. The summed E-state index contributed by atoms with van der Waals surface area (Å²) in [6, 6.07) is 11.1. The Bertz CT molecular complexity index is 1070. The van der Waals surface area contributed by atoms with Crippen LogP contribution in [0.25, 0.3) is 10.9 Å². The first-order valence-electron chi connectivity index (χ1n) is 9.23. The van der Waals surface area contributed by atoms with Gasteiger partial charge in [-0.25, -0.2) is 4.98 Å². The van der Waals surface area contributed by atoms with Crippen LogP contribution < -0.4 is 5.56 Å². The van der Waals surface area contributed by atoms with Gasteiger partial charge in [-0.3, -0.25) is 14.2 Å². The molecule has 3 aromatic rings. The molecule has 2 aromatic heterocycles. The molecule has 2 atom stereocenters. The molecular weight excluding hydrogens is 342 g/mol. The third-order valence-electron chi connectivity index (χ3n) is 5.32. The van der Waals surface area contributed by atoms with Crippen LogP contribution in [0.2, 0.25) is 0 Å². The van der Waals surface area contributed by atoms with Crippen LogP contribution in [0.1, 0.15) is 36.6 Å². The van der Waals surface area contributed by atoms with E-state index in [-0.39, 0.29) is 18.0 Å². The van der Waals surface area contributed by atoms with Gasteiger partial charge in [0, 0.05) is 13.0 Å². The predicted octanol–water partition coefficient (Wildman–Crippen LogP) is 3.08. The number of para-hydroxylation sites is 1. The topological polar surface area (TPSA) is 68.3 Å². The van der Waals surface area contributed by atoms with Gasteiger partial charge in [-0.15, -0.1) is 0 Å². The second-order valence-corrected chi connectivity index (χ2v) is 7.44. The molecule has 0 N–H and O–H groups in total. The molecule has 0 aliphatic heterocycles. The molecule has 2 heterocycles. The van der Waals surface area contributed by atoms with Gasteiger partial charge in [0.15, 0.2) is 0 Å². The van der Waals surface area contributed by atoms with E-state index in [2.05, 4.69) is 11.9 Å². The number of nitrogens with zero attached hydrogens (tertiary/aromatic N) is 3. The molecule has 4 rings (SSSR count). The Morgan fingerprint density at radius 1 is 1.30 bits per heavy atom. The maximum absolute atomic E-state index is 12.7. The number of likely N-dealkylation sites (N-methyl/N-ethyl adjacent to an activating group) is 1. The number of carbonyl (C=O) groups excluding carboxylic acids is 1. The Kier molecular flexibility index (Phi) is 4.34. The highest BCUT2D eigenvalue weighted by molar-refractivity contribution is 5.79. The standard InChI is InChI=1S/C21H23N3O3/c1-13-10-17(13)19-9-8-15(27-19)11-23(3)20(25)12-24-14(2)22-18-7-5-4-6-16(18)21(24)26/h4-9,13,17H,10-12H2,1-3H3. The monoisotopic (exact) mass is 365 g/mol. The van der Waals surface area contributed by atoms with Crippen LogP contribution in [0.3, 0.4) is 0 Å². The normalized spacial score (nSPS) is 18.6. The number of fused-ring (bicyclic) bond motifs is 1. The van der Waals surface area contributed by atoms with E-state index in [9.17, 15) is 9.59 Å². The summed E-state index contributed by atoms with van der Waals surface area (Å²) in [4.78, 5) is 31.4. The lowest BCUT2D eigenvalue weighted by molar-refractivity contribution is -0.131. The zero-order chi connectivity index (χ0) is 19.1.